The summed E-state index contributed by atoms with van der Waals surface area (Å²) in [5.74, 6) is 1.00. The SMILES string of the molecule is C[C@@]1(CSc2ccccc2)O[C@@H]1CCOCc1ccccc1. The van der Waals surface area contributed by atoms with E-state index in [4.69, 9.17) is 9.47 Å². The van der Waals surface area contributed by atoms with Gasteiger partial charge in [-0.15, -0.1) is 11.8 Å². The van der Waals surface area contributed by atoms with Crippen molar-refractivity contribution in [3.8, 4) is 0 Å². The van der Waals surface area contributed by atoms with Gasteiger partial charge in [-0.2, -0.15) is 0 Å². The Balaban J connectivity index is 1.33. The van der Waals surface area contributed by atoms with Crippen LogP contribution >= 0.6 is 11.8 Å². The van der Waals surface area contributed by atoms with Crippen LogP contribution < -0.4 is 0 Å². The van der Waals surface area contributed by atoms with Crippen LogP contribution in [0.4, 0.5) is 0 Å². The second-order valence-electron chi connectivity index (χ2n) is 5.85. The molecule has 2 atom stereocenters. The third-order valence-electron chi connectivity index (χ3n) is 3.94. The predicted molar refractivity (Wildman–Crippen MR) is 91.2 cm³/mol. The summed E-state index contributed by atoms with van der Waals surface area (Å²) in [6, 6.07) is 20.8. The lowest BCUT2D eigenvalue weighted by molar-refractivity contribution is 0.113. The number of benzene rings is 2. The zero-order chi connectivity index (χ0) is 15.3. The van der Waals surface area contributed by atoms with E-state index in [1.807, 2.05) is 36.0 Å². The molecule has 0 N–H and O–H groups in total. The molecule has 22 heavy (non-hydrogen) atoms. The highest BCUT2D eigenvalue weighted by Gasteiger charge is 2.51. The van der Waals surface area contributed by atoms with E-state index in [2.05, 4.69) is 43.3 Å². The standard InChI is InChI=1S/C19H22O2S/c1-19(15-22-17-10-6-3-7-11-17)18(21-19)12-13-20-14-16-8-4-2-5-9-16/h2-11,18H,12-15H2,1H3/t18-,19+/m1/s1. The van der Waals surface area contributed by atoms with Crippen molar-refractivity contribution >= 4 is 11.8 Å². The Bertz CT molecular complexity index is 573. The average Bonchev–Trinajstić information content (AvgIpc) is 3.22. The monoisotopic (exact) mass is 314 g/mol. The maximum atomic E-state index is 5.88. The summed E-state index contributed by atoms with van der Waals surface area (Å²) in [6.45, 7) is 3.64. The topological polar surface area (TPSA) is 21.8 Å². The van der Waals surface area contributed by atoms with Crippen LogP contribution in [-0.2, 0) is 16.1 Å². The molecule has 1 heterocycles. The number of hydrogen-bond acceptors (Lipinski definition) is 3. The molecule has 2 nitrogen and oxygen atoms in total. The van der Waals surface area contributed by atoms with Gasteiger partial charge in [0.2, 0.25) is 0 Å². The molecule has 1 aliphatic heterocycles. The van der Waals surface area contributed by atoms with Crippen LogP contribution in [0.25, 0.3) is 0 Å². The van der Waals surface area contributed by atoms with Crippen molar-refractivity contribution in [2.75, 3.05) is 12.4 Å². The summed E-state index contributed by atoms with van der Waals surface area (Å²) in [5.41, 5.74) is 1.23. The van der Waals surface area contributed by atoms with E-state index < -0.39 is 0 Å². The van der Waals surface area contributed by atoms with Crippen molar-refractivity contribution < 1.29 is 9.47 Å². The first kappa shape index (κ1) is 15.6. The van der Waals surface area contributed by atoms with Crippen molar-refractivity contribution in [3.63, 3.8) is 0 Å². The highest BCUT2D eigenvalue weighted by Crippen LogP contribution is 2.42. The number of epoxide rings is 1. The molecule has 1 aliphatic rings. The molecule has 0 unspecified atom stereocenters. The lowest BCUT2D eigenvalue weighted by Gasteiger charge is -2.07. The Hall–Kier alpha value is -1.29. The molecular weight excluding hydrogens is 292 g/mol. The van der Waals surface area contributed by atoms with Crippen molar-refractivity contribution in [2.45, 2.75) is 36.6 Å². The summed E-state index contributed by atoms with van der Waals surface area (Å²) >= 11 is 1.86. The van der Waals surface area contributed by atoms with Gasteiger partial charge >= 0.3 is 0 Å². The van der Waals surface area contributed by atoms with E-state index in [1.165, 1.54) is 10.5 Å². The van der Waals surface area contributed by atoms with Gasteiger partial charge in [0.1, 0.15) is 5.60 Å². The Morgan fingerprint density at radius 1 is 1.05 bits per heavy atom. The summed E-state index contributed by atoms with van der Waals surface area (Å²) < 4.78 is 11.6. The zero-order valence-electron chi connectivity index (χ0n) is 12.9. The van der Waals surface area contributed by atoms with Gasteiger partial charge in [0.25, 0.3) is 0 Å². The van der Waals surface area contributed by atoms with Crippen molar-refractivity contribution in [1.82, 2.24) is 0 Å². The van der Waals surface area contributed by atoms with Crippen LogP contribution in [0.15, 0.2) is 65.6 Å². The minimum Gasteiger partial charge on any atom is -0.377 e. The highest BCUT2D eigenvalue weighted by molar-refractivity contribution is 7.99. The van der Waals surface area contributed by atoms with Gasteiger partial charge in [-0.1, -0.05) is 48.5 Å². The third-order valence-corrected chi connectivity index (χ3v) is 5.26. The number of thioether (sulfide) groups is 1. The van der Waals surface area contributed by atoms with Crippen LogP contribution in [0.1, 0.15) is 18.9 Å². The third kappa shape index (κ3) is 4.35. The fourth-order valence-corrected chi connectivity index (χ4v) is 3.54. The maximum Gasteiger partial charge on any atom is 0.101 e. The molecule has 0 radical (unpaired) electrons. The summed E-state index contributed by atoms with van der Waals surface area (Å²) in [5, 5.41) is 0. The first-order valence-corrected chi connectivity index (χ1v) is 8.72. The first-order valence-electron chi connectivity index (χ1n) is 7.74. The molecule has 0 saturated carbocycles. The Morgan fingerprint density at radius 2 is 1.73 bits per heavy atom. The van der Waals surface area contributed by atoms with E-state index in [-0.39, 0.29) is 5.60 Å². The minimum absolute atomic E-state index is 0.0105. The molecule has 0 aliphatic carbocycles. The fraction of sp³-hybridized carbons (Fsp3) is 0.368. The van der Waals surface area contributed by atoms with Gasteiger partial charge < -0.3 is 9.47 Å². The largest absolute Gasteiger partial charge is 0.377 e. The van der Waals surface area contributed by atoms with Gasteiger partial charge in [-0.3, -0.25) is 0 Å². The summed E-state index contributed by atoms with van der Waals surface area (Å²) in [4.78, 5) is 1.30. The van der Waals surface area contributed by atoms with Gasteiger partial charge in [-0.05, 0) is 31.0 Å². The Labute approximate surface area is 136 Å². The van der Waals surface area contributed by atoms with Crippen molar-refractivity contribution in [2.24, 2.45) is 0 Å². The first-order chi connectivity index (χ1) is 10.8. The lowest BCUT2D eigenvalue weighted by Crippen LogP contribution is -2.14. The second-order valence-corrected chi connectivity index (χ2v) is 6.90. The van der Waals surface area contributed by atoms with Gasteiger partial charge in [0.15, 0.2) is 0 Å². The van der Waals surface area contributed by atoms with E-state index in [0.29, 0.717) is 12.7 Å². The van der Waals surface area contributed by atoms with Crippen LogP contribution in [0, 0.1) is 0 Å². The maximum absolute atomic E-state index is 5.88. The molecule has 2 aromatic carbocycles. The van der Waals surface area contributed by atoms with Crippen LogP contribution in [0.5, 0.6) is 0 Å². The molecule has 2 aromatic rings. The Morgan fingerprint density at radius 3 is 2.45 bits per heavy atom. The van der Waals surface area contributed by atoms with Crippen LogP contribution in [-0.4, -0.2) is 24.1 Å². The van der Waals surface area contributed by atoms with Gasteiger partial charge in [0, 0.05) is 17.3 Å². The van der Waals surface area contributed by atoms with Crippen LogP contribution in [0.3, 0.4) is 0 Å². The van der Waals surface area contributed by atoms with E-state index in [0.717, 1.165) is 18.8 Å². The summed E-state index contributed by atoms with van der Waals surface area (Å²) in [6.07, 6.45) is 1.30. The molecular formula is C19H22O2S. The van der Waals surface area contributed by atoms with E-state index in [1.54, 1.807) is 0 Å². The second kappa shape index (κ2) is 7.32. The lowest BCUT2D eigenvalue weighted by atomic mass is 10.1. The molecule has 0 bridgehead atoms. The molecule has 116 valence electrons. The Kier molecular flexibility index (Phi) is 5.19. The fourth-order valence-electron chi connectivity index (χ4n) is 2.48. The normalized spacial score (nSPS) is 23.4. The minimum atomic E-state index is 0.0105. The molecule has 0 amide bonds. The molecule has 3 heteroatoms. The molecule has 0 spiro atoms. The quantitative estimate of drug-likeness (QED) is 0.405. The number of ether oxygens (including phenoxy) is 2. The van der Waals surface area contributed by atoms with Gasteiger partial charge in [-0.25, -0.2) is 0 Å². The average molecular weight is 314 g/mol. The van der Waals surface area contributed by atoms with Crippen LogP contribution in [0.2, 0.25) is 0 Å². The molecule has 3 rings (SSSR count). The highest BCUT2D eigenvalue weighted by atomic mass is 32.2. The molecule has 1 fully saturated rings. The van der Waals surface area contributed by atoms with Gasteiger partial charge in [0.05, 0.1) is 12.7 Å². The predicted octanol–water partition coefficient (Wildman–Crippen LogP) is 4.54. The number of rotatable bonds is 8. The van der Waals surface area contributed by atoms with Crippen molar-refractivity contribution in [1.29, 1.82) is 0 Å². The summed E-state index contributed by atoms with van der Waals surface area (Å²) in [7, 11) is 0. The molecule has 1 saturated heterocycles. The smallest absolute Gasteiger partial charge is 0.101 e. The molecule has 0 aromatic heterocycles. The van der Waals surface area contributed by atoms with Crippen molar-refractivity contribution in [3.05, 3.63) is 66.2 Å². The number of hydrogen-bond donors (Lipinski definition) is 0. The van der Waals surface area contributed by atoms with E-state index in [9.17, 15) is 0 Å². The van der Waals surface area contributed by atoms with E-state index >= 15 is 0 Å². The zero-order valence-corrected chi connectivity index (χ0v) is 13.7.